The number of nitrogens with zero attached hydrogens (tertiary/aromatic N) is 1. The Morgan fingerprint density at radius 1 is 1.17 bits per heavy atom. The summed E-state index contributed by atoms with van der Waals surface area (Å²) in [6.07, 6.45) is 0.730. The molecule has 0 radical (unpaired) electrons. The summed E-state index contributed by atoms with van der Waals surface area (Å²) in [5.41, 5.74) is 0.851. The number of hydrogen-bond donors (Lipinski definition) is 2. The molecular formula is C36H40F3N2O5+. The van der Waals surface area contributed by atoms with Crippen molar-refractivity contribution in [2.24, 2.45) is 17.8 Å². The van der Waals surface area contributed by atoms with E-state index in [2.05, 4.69) is 31.0 Å². The average molecular weight is 638 g/mol. The van der Waals surface area contributed by atoms with E-state index in [1.807, 2.05) is 0 Å². The Hall–Kier alpha value is -3.71. The molecule has 2 aromatic carbocycles. The van der Waals surface area contributed by atoms with Crippen LogP contribution >= 0.6 is 0 Å². The van der Waals surface area contributed by atoms with E-state index in [1.165, 1.54) is 38.0 Å². The summed E-state index contributed by atoms with van der Waals surface area (Å²) < 4.78 is 52.3. The number of phenols is 1. The molecule has 2 bridgehead atoms. The number of halogens is 3. The van der Waals surface area contributed by atoms with Crippen LogP contribution in [0.5, 0.6) is 17.2 Å². The minimum Gasteiger partial charge on any atom is -0.508 e. The Morgan fingerprint density at radius 2 is 1.91 bits per heavy atom. The number of benzene rings is 2. The number of amides is 1. The smallest absolute Gasteiger partial charge is 0.416 e. The van der Waals surface area contributed by atoms with Crippen LogP contribution in [-0.4, -0.2) is 59.3 Å². The molecule has 6 atom stereocenters. The summed E-state index contributed by atoms with van der Waals surface area (Å²) in [4.78, 5) is 25.3. The number of ether oxygens (including phenoxy) is 2. The number of carbonyl (C=O) groups excluding carboxylic acids is 2. The highest BCUT2D eigenvalue weighted by molar-refractivity contribution is 5.94. The zero-order chi connectivity index (χ0) is 32.6. The predicted octanol–water partition coefficient (Wildman–Crippen LogP) is 5.49. The van der Waals surface area contributed by atoms with Gasteiger partial charge in [0, 0.05) is 66.2 Å². The lowest BCUT2D eigenvalue weighted by Crippen LogP contribution is -2.75. The van der Waals surface area contributed by atoms with Crippen LogP contribution in [0.15, 0.2) is 30.3 Å². The summed E-state index contributed by atoms with van der Waals surface area (Å²) in [6, 6.07) is 5.80. The molecule has 5 aliphatic rings. The van der Waals surface area contributed by atoms with Crippen molar-refractivity contribution in [3.63, 3.8) is 0 Å². The number of likely N-dealkylation sites (tertiary alicyclic amines) is 1. The maximum atomic E-state index is 13.2. The number of esters is 1. The van der Waals surface area contributed by atoms with E-state index in [-0.39, 0.29) is 17.4 Å². The molecule has 2 saturated carbocycles. The maximum absolute atomic E-state index is 13.2. The normalized spacial score (nSPS) is 30.5. The fourth-order valence-corrected chi connectivity index (χ4v) is 9.47. The third-order valence-electron chi connectivity index (χ3n) is 11.1. The third-order valence-corrected chi connectivity index (χ3v) is 11.1. The van der Waals surface area contributed by atoms with Gasteiger partial charge < -0.3 is 24.4 Å². The van der Waals surface area contributed by atoms with E-state index in [1.54, 1.807) is 0 Å². The fraction of sp³-hybridized carbons (Fsp3) is 0.556. The van der Waals surface area contributed by atoms with Gasteiger partial charge in [0.05, 0.1) is 42.7 Å². The maximum Gasteiger partial charge on any atom is 0.416 e. The zero-order valence-corrected chi connectivity index (χ0v) is 26.4. The molecule has 244 valence electrons. The first kappa shape index (κ1) is 30.9. The van der Waals surface area contributed by atoms with Crippen molar-refractivity contribution >= 4 is 11.9 Å². The number of rotatable bonds is 6. The summed E-state index contributed by atoms with van der Waals surface area (Å²) in [5, 5.41) is 14.5. The zero-order valence-electron chi connectivity index (χ0n) is 26.4. The SMILES string of the molecule is CC(=O)Oc1cc(O)c2c3c1O[C@H]1[C@@H](NC(=O)C#Cc4ccc(C(F)(F)F)cc4)CC[C@H]4[C@@H](C2)[N+](CC(C)C)(CC2CC2)CC[C@@]341. The Bertz CT molecular complexity index is 1630. The van der Waals surface area contributed by atoms with Crippen molar-refractivity contribution in [3.8, 4) is 29.1 Å². The van der Waals surface area contributed by atoms with Crippen LogP contribution in [0.1, 0.15) is 75.1 Å². The highest BCUT2D eigenvalue weighted by Gasteiger charge is 2.70. The quantitative estimate of drug-likeness (QED) is 0.189. The van der Waals surface area contributed by atoms with Crippen molar-refractivity contribution in [1.29, 1.82) is 0 Å². The lowest BCUT2D eigenvalue weighted by atomic mass is 9.50. The standard InChI is InChI=1S/C36H39F3N2O5/c1-20(2)18-41(19-23-4-5-23)15-14-35-26-11-12-27(40-31(44)13-8-22-6-9-24(10-7-22)36(37,38)39)34(35)46-33-30(45-21(3)42)17-29(43)25(32(33)35)16-28(26)41/h6-7,9-10,17,20,23,26-28,34H,4-5,11-12,14-16,18-19H2,1-3H3,(H-,40,43,44)/p+1/t26-,27-,28+,34-,35-,41?/m0/s1. The summed E-state index contributed by atoms with van der Waals surface area (Å²) in [7, 11) is 0. The van der Waals surface area contributed by atoms with Crippen LogP contribution in [-0.2, 0) is 27.6 Å². The number of hydrogen-bond acceptors (Lipinski definition) is 5. The molecule has 1 amide bonds. The molecule has 1 unspecified atom stereocenters. The van der Waals surface area contributed by atoms with Gasteiger partial charge in [-0.1, -0.05) is 19.8 Å². The van der Waals surface area contributed by atoms with Gasteiger partial charge in [-0.15, -0.1) is 0 Å². The van der Waals surface area contributed by atoms with Crippen molar-refractivity contribution in [2.45, 2.75) is 89.1 Å². The van der Waals surface area contributed by atoms with Crippen LogP contribution < -0.4 is 14.8 Å². The van der Waals surface area contributed by atoms with Crippen molar-refractivity contribution in [2.75, 3.05) is 19.6 Å². The molecule has 1 spiro atoms. The van der Waals surface area contributed by atoms with E-state index < -0.39 is 41.2 Å². The predicted molar refractivity (Wildman–Crippen MR) is 163 cm³/mol. The Labute approximate surface area is 267 Å². The number of alkyl halides is 3. The van der Waals surface area contributed by atoms with Crippen LogP contribution in [0.3, 0.4) is 0 Å². The molecule has 2 aliphatic heterocycles. The second-order valence-corrected chi connectivity index (χ2v) is 14.5. The van der Waals surface area contributed by atoms with E-state index in [4.69, 9.17) is 9.47 Å². The molecule has 2 aromatic rings. The molecule has 7 nitrogen and oxygen atoms in total. The molecule has 10 heteroatoms. The minimum atomic E-state index is -4.45. The van der Waals surface area contributed by atoms with Gasteiger partial charge in [0.2, 0.25) is 0 Å². The first-order valence-electron chi connectivity index (χ1n) is 16.4. The number of phenolic OH excluding ortho intramolecular Hbond substituents is 1. The number of nitrogens with one attached hydrogen (secondary N) is 1. The van der Waals surface area contributed by atoms with Crippen LogP contribution in [0, 0.1) is 29.6 Å². The van der Waals surface area contributed by atoms with E-state index >= 15 is 0 Å². The molecule has 1 saturated heterocycles. The summed E-state index contributed by atoms with van der Waals surface area (Å²) in [6.45, 7) is 9.09. The topological polar surface area (TPSA) is 84.9 Å². The summed E-state index contributed by atoms with van der Waals surface area (Å²) in [5.74, 6) is 6.50. The Kier molecular flexibility index (Phi) is 7.35. The molecule has 2 N–H and O–H groups in total. The van der Waals surface area contributed by atoms with E-state index in [0.29, 0.717) is 29.7 Å². The lowest BCUT2D eigenvalue weighted by Gasteiger charge is -2.63. The molecule has 2 heterocycles. The average Bonchev–Trinajstić information content (AvgIpc) is 3.72. The molecular weight excluding hydrogens is 597 g/mol. The first-order chi connectivity index (χ1) is 21.8. The molecule has 3 fully saturated rings. The Balaban J connectivity index is 1.24. The van der Waals surface area contributed by atoms with Crippen molar-refractivity contribution < 1.29 is 41.8 Å². The molecule has 46 heavy (non-hydrogen) atoms. The van der Waals surface area contributed by atoms with Crippen molar-refractivity contribution in [3.05, 3.63) is 52.6 Å². The third kappa shape index (κ3) is 5.11. The van der Waals surface area contributed by atoms with Gasteiger partial charge in [0.25, 0.3) is 5.91 Å². The fourth-order valence-electron chi connectivity index (χ4n) is 9.47. The van der Waals surface area contributed by atoms with Crippen LogP contribution in [0.2, 0.25) is 0 Å². The van der Waals surface area contributed by atoms with E-state index in [9.17, 15) is 27.9 Å². The molecule has 0 aromatic heterocycles. The largest absolute Gasteiger partial charge is 0.508 e. The molecule has 3 aliphatic carbocycles. The van der Waals surface area contributed by atoms with E-state index in [0.717, 1.165) is 72.6 Å². The number of piperidine rings is 1. The highest BCUT2D eigenvalue weighted by Crippen LogP contribution is 2.66. The Morgan fingerprint density at radius 3 is 2.57 bits per heavy atom. The second kappa shape index (κ2) is 10.9. The lowest BCUT2D eigenvalue weighted by molar-refractivity contribution is -0.966. The van der Waals surface area contributed by atoms with Gasteiger partial charge in [0.15, 0.2) is 11.5 Å². The molecule has 7 rings (SSSR count). The number of aromatic hydroxyl groups is 1. The van der Waals surface area contributed by atoms with Gasteiger partial charge in [-0.25, -0.2) is 0 Å². The van der Waals surface area contributed by atoms with Crippen LogP contribution in [0.25, 0.3) is 0 Å². The summed E-state index contributed by atoms with van der Waals surface area (Å²) >= 11 is 0. The van der Waals surface area contributed by atoms with Gasteiger partial charge in [0.1, 0.15) is 11.9 Å². The van der Waals surface area contributed by atoms with Gasteiger partial charge in [-0.2, -0.15) is 13.2 Å². The minimum absolute atomic E-state index is 0.117. The van der Waals surface area contributed by atoms with Gasteiger partial charge in [-0.05, 0) is 49.9 Å². The van der Waals surface area contributed by atoms with Crippen LogP contribution in [0.4, 0.5) is 13.2 Å². The van der Waals surface area contributed by atoms with Gasteiger partial charge in [-0.3, -0.25) is 9.59 Å². The monoisotopic (exact) mass is 637 g/mol. The van der Waals surface area contributed by atoms with Gasteiger partial charge >= 0.3 is 12.1 Å². The first-order valence-corrected chi connectivity index (χ1v) is 16.4. The number of quaternary nitrogens is 1. The second-order valence-electron chi connectivity index (χ2n) is 14.5. The van der Waals surface area contributed by atoms with Crippen molar-refractivity contribution in [1.82, 2.24) is 5.32 Å². The number of carbonyl (C=O) groups is 2. The highest BCUT2D eigenvalue weighted by atomic mass is 19.4.